The summed E-state index contributed by atoms with van der Waals surface area (Å²) < 4.78 is 18.4. The van der Waals surface area contributed by atoms with Gasteiger partial charge in [-0.25, -0.2) is 4.79 Å². The number of cyclic esters (lactones) is 1. The van der Waals surface area contributed by atoms with Crippen molar-refractivity contribution in [3.8, 4) is 10.8 Å². The Morgan fingerprint density at radius 2 is 2.17 bits per heavy atom. The first-order chi connectivity index (χ1) is 13.9. The topological polar surface area (TPSA) is 74.5 Å². The molecule has 0 spiro atoms. The number of esters is 1. The lowest BCUT2D eigenvalue weighted by Crippen LogP contribution is -2.37. The van der Waals surface area contributed by atoms with Crippen LogP contribution in [0.1, 0.15) is 40.0 Å². The van der Waals surface area contributed by atoms with Crippen LogP contribution in [0.3, 0.4) is 0 Å². The van der Waals surface area contributed by atoms with Crippen LogP contribution in [0, 0.1) is 17.8 Å². The summed E-state index contributed by atoms with van der Waals surface area (Å²) in [5, 5.41) is 9.10. The molecule has 1 saturated carbocycles. The molecular weight excluding hydrogens is 476 g/mol. The van der Waals surface area contributed by atoms with Crippen LogP contribution in [0.15, 0.2) is 36.5 Å². The van der Waals surface area contributed by atoms with Gasteiger partial charge in [-0.2, -0.15) is 0 Å². The third-order valence-corrected chi connectivity index (χ3v) is 8.54. The predicted molar refractivity (Wildman–Crippen MR) is 116 cm³/mol. The van der Waals surface area contributed by atoms with Gasteiger partial charge in [-0.15, -0.1) is 10.2 Å². The molecule has 156 valence electrons. The highest BCUT2D eigenvalue weighted by Gasteiger charge is 2.40. The zero-order valence-electron chi connectivity index (χ0n) is 16.5. The number of carbonyl (C=O) groups excluding carboxylic acids is 1. The van der Waals surface area contributed by atoms with Gasteiger partial charge < -0.3 is 13.9 Å². The number of aromatic nitrogens is 2. The van der Waals surface area contributed by atoms with E-state index in [0.29, 0.717) is 42.2 Å². The van der Waals surface area contributed by atoms with E-state index < -0.39 is 12.3 Å². The quantitative estimate of drug-likeness (QED) is 0.461. The second-order valence-corrected chi connectivity index (χ2v) is 10.9. The van der Waals surface area contributed by atoms with E-state index in [1.54, 1.807) is 6.26 Å². The maximum atomic E-state index is 12.2. The molecule has 9 heteroatoms. The molecule has 1 aliphatic carbocycles. The van der Waals surface area contributed by atoms with E-state index in [2.05, 4.69) is 46.9 Å². The molecule has 0 bridgehead atoms. The van der Waals surface area contributed by atoms with Gasteiger partial charge in [0.2, 0.25) is 6.29 Å². The number of carbonyl (C=O) groups is 1. The van der Waals surface area contributed by atoms with Crippen LogP contribution in [-0.2, 0) is 14.3 Å². The molecule has 2 aromatic heterocycles. The Kier molecular flexibility index (Phi) is 6.48. The minimum Gasteiger partial charge on any atom is -0.462 e. The monoisotopic (exact) mass is 498 g/mol. The predicted octanol–water partition coefficient (Wildman–Crippen LogP) is 5.86. The van der Waals surface area contributed by atoms with Gasteiger partial charge in [0.15, 0.2) is 15.1 Å². The number of hydrogen-bond acceptors (Lipinski definition) is 8. The molecule has 0 radical (unpaired) electrons. The second-order valence-electron chi connectivity index (χ2n) is 7.87. The van der Waals surface area contributed by atoms with Gasteiger partial charge in [0.25, 0.3) is 0 Å². The number of halogens is 1. The molecule has 2 aliphatic rings. The molecule has 6 nitrogen and oxygen atoms in total. The first kappa shape index (κ1) is 21.1. The van der Waals surface area contributed by atoms with E-state index in [0.717, 1.165) is 12.8 Å². The average Bonchev–Trinajstić information content (AvgIpc) is 3.40. The summed E-state index contributed by atoms with van der Waals surface area (Å²) in [6, 6.07) is 3.65. The van der Waals surface area contributed by atoms with E-state index in [1.165, 1.54) is 29.5 Å². The number of ether oxygens (including phenoxy) is 2. The summed E-state index contributed by atoms with van der Waals surface area (Å²) >= 11 is 6.13. The zero-order valence-corrected chi connectivity index (χ0v) is 19.7. The molecule has 0 aromatic carbocycles. The molecule has 0 N–H and O–H groups in total. The number of rotatable bonds is 6. The van der Waals surface area contributed by atoms with Crippen molar-refractivity contribution in [1.29, 1.82) is 0 Å². The van der Waals surface area contributed by atoms with Crippen LogP contribution in [-0.4, -0.2) is 28.6 Å². The average molecular weight is 499 g/mol. The normalized spacial score (nSPS) is 27.7. The minimum atomic E-state index is -0.714. The Morgan fingerprint density at radius 1 is 1.34 bits per heavy atom. The van der Waals surface area contributed by atoms with Crippen molar-refractivity contribution in [1.82, 2.24) is 10.2 Å². The molecule has 0 saturated heterocycles. The lowest BCUT2D eigenvalue weighted by atomic mass is 9.75. The van der Waals surface area contributed by atoms with Crippen LogP contribution in [0.2, 0.25) is 0 Å². The highest BCUT2D eigenvalue weighted by atomic mass is 79.9. The molecule has 3 unspecified atom stereocenters. The summed E-state index contributed by atoms with van der Waals surface area (Å²) in [7, 11) is 0. The highest BCUT2D eigenvalue weighted by Crippen LogP contribution is 2.44. The Balaban J connectivity index is 1.51. The van der Waals surface area contributed by atoms with Crippen LogP contribution in [0.4, 0.5) is 0 Å². The van der Waals surface area contributed by atoms with Gasteiger partial charge in [-0.1, -0.05) is 50.3 Å². The van der Waals surface area contributed by atoms with E-state index in [-0.39, 0.29) is 6.10 Å². The van der Waals surface area contributed by atoms with Crippen molar-refractivity contribution >= 4 is 45.0 Å². The molecule has 2 aromatic rings. The fraction of sp³-hybridized carbons (Fsp3) is 0.550. The lowest BCUT2D eigenvalue weighted by Gasteiger charge is -2.38. The summed E-state index contributed by atoms with van der Waals surface area (Å²) in [5.41, 5.74) is 0. The smallest absolute Gasteiger partial charge is 0.348 e. The van der Waals surface area contributed by atoms with Gasteiger partial charge in [0.05, 0.1) is 17.3 Å². The highest BCUT2D eigenvalue weighted by molar-refractivity contribution is 9.12. The molecule has 29 heavy (non-hydrogen) atoms. The maximum Gasteiger partial charge on any atom is 0.348 e. The Labute approximate surface area is 186 Å². The van der Waals surface area contributed by atoms with Gasteiger partial charge in [-0.05, 0) is 58.7 Å². The Hall–Kier alpha value is -1.16. The second kappa shape index (κ2) is 8.91. The summed E-state index contributed by atoms with van der Waals surface area (Å²) in [6.07, 6.45) is 4.29. The fourth-order valence-electron chi connectivity index (χ4n) is 3.86. The largest absolute Gasteiger partial charge is 0.462 e. The van der Waals surface area contributed by atoms with Gasteiger partial charge in [0.1, 0.15) is 4.48 Å². The first-order valence-electron chi connectivity index (χ1n) is 9.73. The summed E-state index contributed by atoms with van der Waals surface area (Å²) in [6.45, 7) is 6.72. The number of thioether (sulfide) groups is 1. The summed E-state index contributed by atoms with van der Waals surface area (Å²) in [4.78, 5) is 12.9. The number of hydrogen-bond donors (Lipinski definition) is 0. The van der Waals surface area contributed by atoms with Crippen molar-refractivity contribution < 1.29 is 18.7 Å². The van der Waals surface area contributed by atoms with Gasteiger partial charge >= 0.3 is 5.97 Å². The van der Waals surface area contributed by atoms with E-state index >= 15 is 0 Å². The zero-order chi connectivity index (χ0) is 20.5. The van der Waals surface area contributed by atoms with Crippen LogP contribution in [0.25, 0.3) is 10.8 Å². The van der Waals surface area contributed by atoms with Crippen LogP contribution < -0.4 is 0 Å². The van der Waals surface area contributed by atoms with E-state index in [9.17, 15) is 4.79 Å². The molecule has 4 rings (SSSR count). The molecule has 3 heterocycles. The van der Waals surface area contributed by atoms with Crippen LogP contribution >= 0.6 is 39.0 Å². The van der Waals surface area contributed by atoms with Crippen LogP contribution in [0.5, 0.6) is 0 Å². The maximum absolute atomic E-state index is 12.2. The summed E-state index contributed by atoms with van der Waals surface area (Å²) in [5.74, 6) is 1.85. The van der Waals surface area contributed by atoms with Crippen molar-refractivity contribution in [2.75, 3.05) is 0 Å². The van der Waals surface area contributed by atoms with Gasteiger partial charge in [0, 0.05) is 0 Å². The molecule has 4 atom stereocenters. The minimum absolute atomic E-state index is 0.0682. The molecule has 0 amide bonds. The van der Waals surface area contributed by atoms with Gasteiger partial charge in [-0.3, -0.25) is 0 Å². The number of furan rings is 1. The molecule has 1 fully saturated rings. The first-order valence-corrected chi connectivity index (χ1v) is 12.2. The van der Waals surface area contributed by atoms with Crippen molar-refractivity contribution in [2.24, 2.45) is 17.8 Å². The third kappa shape index (κ3) is 4.62. The number of nitrogens with zero attached hydrogens (tertiary/aromatic N) is 2. The standard InChI is InChI=1S/C20H23BrN2O4S2/c1-10(2)12-7-6-11(3)9-14(12)26-19-16(15(21)18(24)27-19)28-20-23-22-17(29-20)13-5-4-8-25-13/h4-5,8,10-12,14,19H,6-7,9H2,1-3H3/t11?,12?,14?,19-/m0/s1. The Morgan fingerprint density at radius 3 is 2.90 bits per heavy atom. The van der Waals surface area contributed by atoms with Crippen molar-refractivity contribution in [3.05, 3.63) is 27.8 Å². The molecule has 1 aliphatic heterocycles. The third-order valence-electron chi connectivity index (χ3n) is 5.42. The molecular formula is C20H23BrN2O4S2. The van der Waals surface area contributed by atoms with E-state index in [1.807, 2.05) is 12.1 Å². The lowest BCUT2D eigenvalue weighted by molar-refractivity contribution is -0.179. The van der Waals surface area contributed by atoms with Crippen molar-refractivity contribution in [3.63, 3.8) is 0 Å². The SMILES string of the molecule is CC1CCC(C(C)C)C(O[C@H]2OC(=O)C(Br)=C2Sc2nnc(-c3ccco3)s2)C1. The van der Waals surface area contributed by atoms with Crippen molar-refractivity contribution in [2.45, 2.75) is 56.8 Å². The van der Waals surface area contributed by atoms with E-state index in [4.69, 9.17) is 13.9 Å². The Bertz CT molecular complexity index is 896. The fourth-order valence-corrected chi connectivity index (χ4v) is 6.25.